The minimum atomic E-state index is -0.196. The standard InChI is InChI=1S/C12H17ClN2O3/c1-9-3-4-10(13)7-11(9)15-12(16)8-14-18-6-5-17-2/h3-4,7,14H,5-6,8H2,1-2H3,(H,15,16). The molecule has 6 heteroatoms. The van der Waals surface area contributed by atoms with Crippen molar-refractivity contribution in [2.45, 2.75) is 6.92 Å². The molecule has 1 rings (SSSR count). The lowest BCUT2D eigenvalue weighted by Crippen LogP contribution is -2.29. The number of rotatable bonds is 7. The Hall–Kier alpha value is -1.14. The number of benzene rings is 1. The van der Waals surface area contributed by atoms with Gasteiger partial charge in [0.1, 0.15) is 6.54 Å². The number of ether oxygens (including phenoxy) is 1. The average molecular weight is 273 g/mol. The monoisotopic (exact) mass is 272 g/mol. The molecule has 0 aliphatic heterocycles. The van der Waals surface area contributed by atoms with E-state index in [1.165, 1.54) is 0 Å². The van der Waals surface area contributed by atoms with E-state index in [0.717, 1.165) is 5.56 Å². The van der Waals surface area contributed by atoms with Gasteiger partial charge in [0, 0.05) is 17.8 Å². The second-order valence-corrected chi connectivity index (χ2v) is 4.11. The Kier molecular flexibility index (Phi) is 6.67. The number of hydrogen-bond acceptors (Lipinski definition) is 4. The molecule has 100 valence electrons. The fourth-order valence-corrected chi connectivity index (χ4v) is 1.41. The molecule has 0 fully saturated rings. The summed E-state index contributed by atoms with van der Waals surface area (Å²) >= 11 is 5.86. The van der Waals surface area contributed by atoms with Gasteiger partial charge in [0.25, 0.3) is 0 Å². The Bertz CT molecular complexity index is 399. The van der Waals surface area contributed by atoms with Crippen molar-refractivity contribution >= 4 is 23.2 Å². The number of methoxy groups -OCH3 is 1. The molecule has 0 aliphatic rings. The molecule has 0 saturated carbocycles. The quantitative estimate of drug-likeness (QED) is 0.587. The van der Waals surface area contributed by atoms with Crippen molar-refractivity contribution in [2.75, 3.05) is 32.2 Å². The van der Waals surface area contributed by atoms with Crippen LogP contribution in [0.1, 0.15) is 5.56 Å². The summed E-state index contributed by atoms with van der Waals surface area (Å²) in [6.07, 6.45) is 0. The Labute approximate surface area is 111 Å². The molecule has 0 unspecified atom stereocenters. The summed E-state index contributed by atoms with van der Waals surface area (Å²) in [5, 5.41) is 3.33. The highest BCUT2D eigenvalue weighted by Gasteiger charge is 2.05. The molecule has 0 bridgehead atoms. The second kappa shape index (κ2) is 8.05. The van der Waals surface area contributed by atoms with Crippen LogP contribution in [0.5, 0.6) is 0 Å². The first-order valence-corrected chi connectivity index (χ1v) is 5.91. The zero-order valence-electron chi connectivity index (χ0n) is 10.5. The molecule has 1 amide bonds. The Morgan fingerprint density at radius 2 is 2.17 bits per heavy atom. The summed E-state index contributed by atoms with van der Waals surface area (Å²) in [7, 11) is 1.58. The van der Waals surface area contributed by atoms with Crippen molar-refractivity contribution < 1.29 is 14.4 Å². The number of anilines is 1. The van der Waals surface area contributed by atoms with Crippen LogP contribution in [0.3, 0.4) is 0 Å². The maximum absolute atomic E-state index is 11.6. The van der Waals surface area contributed by atoms with E-state index in [4.69, 9.17) is 21.2 Å². The highest BCUT2D eigenvalue weighted by Crippen LogP contribution is 2.19. The summed E-state index contributed by atoms with van der Waals surface area (Å²) in [6, 6.07) is 5.33. The SMILES string of the molecule is COCCONCC(=O)Nc1cc(Cl)ccc1C. The highest BCUT2D eigenvalue weighted by molar-refractivity contribution is 6.31. The summed E-state index contributed by atoms with van der Waals surface area (Å²) in [6.45, 7) is 2.83. The summed E-state index contributed by atoms with van der Waals surface area (Å²) in [4.78, 5) is 16.6. The van der Waals surface area contributed by atoms with E-state index in [1.54, 1.807) is 19.2 Å². The van der Waals surface area contributed by atoms with E-state index in [2.05, 4.69) is 10.8 Å². The Morgan fingerprint density at radius 1 is 1.39 bits per heavy atom. The van der Waals surface area contributed by atoms with Crippen molar-refractivity contribution in [3.8, 4) is 0 Å². The third-order valence-corrected chi connectivity index (χ3v) is 2.43. The second-order valence-electron chi connectivity index (χ2n) is 3.67. The van der Waals surface area contributed by atoms with Gasteiger partial charge in [0.2, 0.25) is 5.91 Å². The van der Waals surface area contributed by atoms with Gasteiger partial charge in [0.05, 0.1) is 13.2 Å². The summed E-state index contributed by atoms with van der Waals surface area (Å²) in [5.41, 5.74) is 4.20. The third-order valence-electron chi connectivity index (χ3n) is 2.20. The van der Waals surface area contributed by atoms with Crippen molar-refractivity contribution in [1.29, 1.82) is 0 Å². The van der Waals surface area contributed by atoms with Gasteiger partial charge in [0.15, 0.2) is 0 Å². The first-order chi connectivity index (χ1) is 8.63. The first-order valence-electron chi connectivity index (χ1n) is 5.53. The number of nitrogens with one attached hydrogen (secondary N) is 2. The fraction of sp³-hybridized carbons (Fsp3) is 0.417. The molecule has 0 aromatic heterocycles. The molecule has 0 heterocycles. The van der Waals surface area contributed by atoms with Gasteiger partial charge in [-0.05, 0) is 24.6 Å². The van der Waals surface area contributed by atoms with Gasteiger partial charge < -0.3 is 10.1 Å². The minimum absolute atomic E-state index is 0.0651. The van der Waals surface area contributed by atoms with Crippen LogP contribution in [0, 0.1) is 6.92 Å². The smallest absolute Gasteiger partial charge is 0.240 e. The van der Waals surface area contributed by atoms with E-state index in [1.807, 2.05) is 13.0 Å². The third kappa shape index (κ3) is 5.46. The molecule has 0 atom stereocenters. The predicted octanol–water partition coefficient (Wildman–Crippen LogP) is 1.75. The van der Waals surface area contributed by atoms with E-state index >= 15 is 0 Å². The molecule has 2 N–H and O–H groups in total. The minimum Gasteiger partial charge on any atom is -0.382 e. The van der Waals surface area contributed by atoms with Crippen LogP contribution in [0.4, 0.5) is 5.69 Å². The molecule has 0 saturated heterocycles. The molecule has 18 heavy (non-hydrogen) atoms. The van der Waals surface area contributed by atoms with Crippen LogP contribution in [0.15, 0.2) is 18.2 Å². The van der Waals surface area contributed by atoms with Gasteiger partial charge in [-0.1, -0.05) is 17.7 Å². The topological polar surface area (TPSA) is 59.6 Å². The van der Waals surface area contributed by atoms with Crippen molar-refractivity contribution in [3.05, 3.63) is 28.8 Å². The van der Waals surface area contributed by atoms with Crippen LogP contribution in [-0.2, 0) is 14.4 Å². The highest BCUT2D eigenvalue weighted by atomic mass is 35.5. The number of halogens is 1. The predicted molar refractivity (Wildman–Crippen MR) is 70.6 cm³/mol. The molecule has 0 spiro atoms. The average Bonchev–Trinajstić information content (AvgIpc) is 2.33. The molecule has 5 nitrogen and oxygen atoms in total. The first kappa shape index (κ1) is 14.9. The zero-order chi connectivity index (χ0) is 13.4. The Balaban J connectivity index is 2.33. The van der Waals surface area contributed by atoms with Gasteiger partial charge >= 0.3 is 0 Å². The van der Waals surface area contributed by atoms with Crippen LogP contribution < -0.4 is 10.8 Å². The lowest BCUT2D eigenvalue weighted by atomic mass is 10.2. The van der Waals surface area contributed by atoms with Crippen LogP contribution in [0.2, 0.25) is 5.02 Å². The number of hydroxylamine groups is 1. The summed E-state index contributed by atoms with van der Waals surface area (Å²) < 4.78 is 4.79. The normalized spacial score (nSPS) is 10.4. The van der Waals surface area contributed by atoms with Crippen molar-refractivity contribution in [3.63, 3.8) is 0 Å². The Morgan fingerprint density at radius 3 is 2.89 bits per heavy atom. The van der Waals surface area contributed by atoms with Gasteiger partial charge in [-0.25, -0.2) is 0 Å². The van der Waals surface area contributed by atoms with Gasteiger partial charge in [-0.3, -0.25) is 9.63 Å². The van der Waals surface area contributed by atoms with E-state index < -0.39 is 0 Å². The lowest BCUT2D eigenvalue weighted by molar-refractivity contribution is -0.118. The van der Waals surface area contributed by atoms with E-state index in [0.29, 0.717) is 23.9 Å². The van der Waals surface area contributed by atoms with Gasteiger partial charge in [-0.15, -0.1) is 0 Å². The molecule has 0 aliphatic carbocycles. The lowest BCUT2D eigenvalue weighted by Gasteiger charge is -2.09. The van der Waals surface area contributed by atoms with Crippen LogP contribution in [0.25, 0.3) is 0 Å². The zero-order valence-corrected chi connectivity index (χ0v) is 11.2. The molecular formula is C12H17ClN2O3. The number of carbonyl (C=O) groups is 1. The van der Waals surface area contributed by atoms with E-state index in [-0.39, 0.29) is 12.5 Å². The molecule has 1 aromatic rings. The van der Waals surface area contributed by atoms with Crippen molar-refractivity contribution in [2.24, 2.45) is 0 Å². The largest absolute Gasteiger partial charge is 0.382 e. The number of hydrogen-bond donors (Lipinski definition) is 2. The van der Waals surface area contributed by atoms with Gasteiger partial charge in [-0.2, -0.15) is 5.48 Å². The molecule has 0 radical (unpaired) electrons. The summed E-state index contributed by atoms with van der Waals surface area (Å²) in [5.74, 6) is -0.196. The number of amides is 1. The van der Waals surface area contributed by atoms with E-state index in [9.17, 15) is 4.79 Å². The number of carbonyl (C=O) groups excluding carboxylic acids is 1. The van der Waals surface area contributed by atoms with Crippen LogP contribution in [-0.4, -0.2) is 32.8 Å². The maximum atomic E-state index is 11.6. The van der Waals surface area contributed by atoms with Crippen LogP contribution >= 0.6 is 11.6 Å². The fourth-order valence-electron chi connectivity index (χ4n) is 1.24. The molecular weight excluding hydrogens is 256 g/mol. The maximum Gasteiger partial charge on any atom is 0.240 e. The molecule has 1 aromatic carbocycles. The number of aryl methyl sites for hydroxylation is 1. The van der Waals surface area contributed by atoms with Crippen molar-refractivity contribution in [1.82, 2.24) is 5.48 Å².